The van der Waals surface area contributed by atoms with E-state index in [1.807, 2.05) is 4.90 Å². The molecule has 1 aliphatic carbocycles. The number of carbonyl (C=O) groups excluding carboxylic acids is 1. The maximum absolute atomic E-state index is 12.2. The molecule has 1 saturated carbocycles. The number of nitrogens with zero attached hydrogens (tertiary/aromatic N) is 1. The van der Waals surface area contributed by atoms with Crippen molar-refractivity contribution in [2.24, 2.45) is 11.8 Å². The molecule has 19 heavy (non-hydrogen) atoms. The Bertz CT molecular complexity index is 282. The van der Waals surface area contributed by atoms with Crippen molar-refractivity contribution in [3.63, 3.8) is 0 Å². The third-order valence-corrected chi connectivity index (χ3v) is 4.64. The van der Waals surface area contributed by atoms with Gasteiger partial charge in [-0.05, 0) is 43.9 Å². The minimum absolute atomic E-state index is 0. The van der Waals surface area contributed by atoms with Crippen molar-refractivity contribution in [1.82, 2.24) is 10.2 Å². The zero-order valence-electron chi connectivity index (χ0n) is 12.7. The third kappa shape index (κ3) is 4.70. The average Bonchev–Trinajstić information content (AvgIpc) is 2.40. The minimum atomic E-state index is 0. The maximum atomic E-state index is 12.2. The fourth-order valence-electron chi connectivity index (χ4n) is 3.55. The van der Waals surface area contributed by atoms with E-state index < -0.39 is 0 Å². The number of piperidine rings is 1. The molecule has 1 heterocycles. The van der Waals surface area contributed by atoms with Crippen molar-refractivity contribution >= 4 is 6.03 Å². The van der Waals surface area contributed by atoms with Gasteiger partial charge < -0.3 is 10.2 Å². The highest BCUT2D eigenvalue weighted by Gasteiger charge is 2.25. The number of carbonyl (C=O) groups is 1. The van der Waals surface area contributed by atoms with Gasteiger partial charge in [-0.2, -0.15) is 0 Å². The van der Waals surface area contributed by atoms with Gasteiger partial charge in [0.2, 0.25) is 0 Å². The van der Waals surface area contributed by atoms with Crippen molar-refractivity contribution in [3.8, 4) is 0 Å². The van der Waals surface area contributed by atoms with Crippen molar-refractivity contribution in [3.05, 3.63) is 0 Å². The van der Waals surface area contributed by atoms with Crippen LogP contribution in [0.5, 0.6) is 0 Å². The molecule has 0 aromatic rings. The Morgan fingerprint density at radius 2 is 1.79 bits per heavy atom. The Labute approximate surface area is 119 Å². The highest BCUT2D eigenvalue weighted by atomic mass is 16.2. The Balaban J connectivity index is 0.00000200. The predicted molar refractivity (Wildman–Crippen MR) is 81.3 cm³/mol. The predicted octanol–water partition coefficient (Wildman–Crippen LogP) is 4.03. The van der Waals surface area contributed by atoms with Gasteiger partial charge in [-0.1, -0.05) is 33.1 Å². The van der Waals surface area contributed by atoms with E-state index in [1.165, 1.54) is 51.4 Å². The number of urea groups is 1. The summed E-state index contributed by atoms with van der Waals surface area (Å²) in [5.41, 5.74) is 0. The highest BCUT2D eigenvalue weighted by molar-refractivity contribution is 5.74. The van der Waals surface area contributed by atoms with E-state index >= 15 is 0 Å². The summed E-state index contributed by atoms with van der Waals surface area (Å²) in [5.74, 6) is 1.62. The third-order valence-electron chi connectivity index (χ3n) is 4.64. The first-order valence-electron chi connectivity index (χ1n) is 8.20. The molecule has 2 aliphatic rings. The van der Waals surface area contributed by atoms with Crippen LogP contribution in [-0.4, -0.2) is 30.1 Å². The van der Waals surface area contributed by atoms with E-state index in [1.54, 1.807) is 0 Å². The minimum Gasteiger partial charge on any atom is -0.335 e. The molecule has 0 radical (unpaired) electrons. The summed E-state index contributed by atoms with van der Waals surface area (Å²) in [6.45, 7) is 6.50. The lowest BCUT2D eigenvalue weighted by Crippen LogP contribution is -2.48. The van der Waals surface area contributed by atoms with E-state index in [4.69, 9.17) is 0 Å². The maximum Gasteiger partial charge on any atom is 0.317 e. The molecule has 2 amide bonds. The lowest BCUT2D eigenvalue weighted by atomic mass is 9.89. The number of amides is 2. The molecule has 0 bridgehead atoms. The SMILES string of the molecule is CC(C)CC1CCN(C(=O)NC2CCCCC2)CC1.[HH]. The van der Waals surface area contributed by atoms with E-state index in [9.17, 15) is 4.79 Å². The lowest BCUT2D eigenvalue weighted by Gasteiger charge is -2.34. The van der Waals surface area contributed by atoms with Gasteiger partial charge in [0.1, 0.15) is 0 Å². The van der Waals surface area contributed by atoms with E-state index in [0.717, 1.165) is 24.9 Å². The quantitative estimate of drug-likeness (QED) is 0.823. The molecule has 0 spiro atoms. The van der Waals surface area contributed by atoms with Crippen LogP contribution in [0.15, 0.2) is 0 Å². The van der Waals surface area contributed by atoms with Gasteiger partial charge in [0.25, 0.3) is 0 Å². The van der Waals surface area contributed by atoms with Gasteiger partial charge in [-0.25, -0.2) is 4.79 Å². The summed E-state index contributed by atoms with van der Waals surface area (Å²) in [6, 6.07) is 0.629. The number of hydrogen-bond donors (Lipinski definition) is 1. The Morgan fingerprint density at radius 1 is 1.16 bits per heavy atom. The van der Waals surface area contributed by atoms with Crippen LogP contribution in [0.25, 0.3) is 0 Å². The van der Waals surface area contributed by atoms with Crippen LogP contribution in [0.4, 0.5) is 4.79 Å². The fraction of sp³-hybridized carbons (Fsp3) is 0.938. The second kappa shape index (κ2) is 7.16. The number of nitrogens with one attached hydrogen (secondary N) is 1. The van der Waals surface area contributed by atoms with Gasteiger partial charge in [0.05, 0.1) is 0 Å². The molecule has 112 valence electrons. The van der Waals surface area contributed by atoms with Crippen molar-refractivity contribution in [2.75, 3.05) is 13.1 Å². The zero-order chi connectivity index (χ0) is 13.7. The standard InChI is InChI=1S/C16H30N2O.H2/c1-13(2)12-14-8-10-18(11-9-14)16(19)17-15-6-4-3-5-7-15;/h13-15H,3-12H2,1-2H3,(H,17,19);1H. The van der Waals surface area contributed by atoms with Crippen LogP contribution in [0, 0.1) is 11.8 Å². The first kappa shape index (κ1) is 14.7. The first-order valence-corrected chi connectivity index (χ1v) is 8.20. The topological polar surface area (TPSA) is 32.3 Å². The average molecular weight is 268 g/mol. The molecule has 1 N–H and O–H groups in total. The van der Waals surface area contributed by atoms with Crippen LogP contribution in [0.1, 0.15) is 66.6 Å². The van der Waals surface area contributed by atoms with Crippen molar-refractivity contribution in [2.45, 2.75) is 71.3 Å². The molecule has 3 nitrogen and oxygen atoms in total. The van der Waals surface area contributed by atoms with Crippen molar-refractivity contribution in [1.29, 1.82) is 0 Å². The second-order valence-corrected chi connectivity index (χ2v) is 6.84. The molecule has 3 heteroatoms. The number of likely N-dealkylation sites (tertiary alicyclic amines) is 1. The van der Waals surface area contributed by atoms with E-state index in [0.29, 0.717) is 6.04 Å². The van der Waals surface area contributed by atoms with Crippen molar-refractivity contribution < 1.29 is 6.22 Å². The van der Waals surface area contributed by atoms with Gasteiger partial charge in [-0.15, -0.1) is 0 Å². The Morgan fingerprint density at radius 3 is 2.37 bits per heavy atom. The van der Waals surface area contributed by atoms with Gasteiger partial charge in [0.15, 0.2) is 0 Å². The molecule has 0 aromatic carbocycles. The molecule has 1 aliphatic heterocycles. The largest absolute Gasteiger partial charge is 0.335 e. The second-order valence-electron chi connectivity index (χ2n) is 6.84. The molecular weight excluding hydrogens is 236 g/mol. The molecule has 2 fully saturated rings. The van der Waals surface area contributed by atoms with Crippen LogP contribution >= 0.6 is 0 Å². The highest BCUT2D eigenvalue weighted by Crippen LogP contribution is 2.24. The normalized spacial score (nSPS) is 22.8. The van der Waals surface area contributed by atoms with Crippen LogP contribution in [0.3, 0.4) is 0 Å². The Hall–Kier alpha value is -0.730. The molecule has 1 saturated heterocycles. The molecule has 0 unspecified atom stereocenters. The summed E-state index contributed by atoms with van der Waals surface area (Å²) in [4.78, 5) is 14.2. The number of hydrogen-bond acceptors (Lipinski definition) is 1. The van der Waals surface area contributed by atoms with Gasteiger partial charge in [0, 0.05) is 20.6 Å². The molecular formula is C16H32N2O. The summed E-state index contributed by atoms with van der Waals surface area (Å²) in [6.07, 6.45) is 9.95. The van der Waals surface area contributed by atoms with Crippen LogP contribution in [-0.2, 0) is 0 Å². The zero-order valence-corrected chi connectivity index (χ0v) is 12.7. The monoisotopic (exact) mass is 268 g/mol. The van der Waals surface area contributed by atoms with E-state index in [-0.39, 0.29) is 7.46 Å². The summed E-state index contributed by atoms with van der Waals surface area (Å²) >= 11 is 0. The summed E-state index contributed by atoms with van der Waals surface area (Å²) in [7, 11) is 0. The van der Waals surface area contributed by atoms with Crippen LogP contribution in [0.2, 0.25) is 0 Å². The smallest absolute Gasteiger partial charge is 0.317 e. The molecule has 0 aromatic heterocycles. The van der Waals surface area contributed by atoms with E-state index in [2.05, 4.69) is 19.2 Å². The summed E-state index contributed by atoms with van der Waals surface area (Å²) in [5, 5.41) is 3.23. The lowest BCUT2D eigenvalue weighted by molar-refractivity contribution is 0.158. The fourth-order valence-corrected chi connectivity index (χ4v) is 3.55. The molecule has 2 rings (SSSR count). The molecule has 0 atom stereocenters. The number of rotatable bonds is 3. The Kier molecular flexibility index (Phi) is 5.53. The summed E-state index contributed by atoms with van der Waals surface area (Å²) < 4.78 is 0. The van der Waals surface area contributed by atoms with Gasteiger partial charge >= 0.3 is 6.03 Å². The van der Waals surface area contributed by atoms with Gasteiger partial charge in [-0.3, -0.25) is 0 Å². The van der Waals surface area contributed by atoms with Crippen LogP contribution < -0.4 is 5.32 Å². The first-order chi connectivity index (χ1) is 9.15.